The number of rotatable bonds is 27. The molecule has 5 N–H and O–H groups in total. The van der Waals surface area contributed by atoms with Crippen LogP contribution in [0, 0.1) is 0 Å². The molecule has 0 spiro atoms. The Morgan fingerprint density at radius 2 is 1.52 bits per heavy atom. The van der Waals surface area contributed by atoms with Crippen LogP contribution in [0.5, 0.6) is 0 Å². The number of hydrogen-bond acceptors (Lipinski definition) is 10. The van der Waals surface area contributed by atoms with E-state index in [0.29, 0.717) is 19.6 Å². The number of aliphatic hydroxyl groups excluding tert-OH is 1. The number of phosphoric acid groups is 1. The molecule has 0 saturated heterocycles. The molecule has 2 rings (SSSR count). The Hall–Kier alpha value is -1.86. The molecular weight excluding hydrogens is 565 g/mol. The van der Waals surface area contributed by atoms with Gasteiger partial charge in [0.25, 0.3) is 5.56 Å². The summed E-state index contributed by atoms with van der Waals surface area (Å²) >= 11 is 0. The predicted octanol–water partition coefficient (Wildman–Crippen LogP) is 5.06. The zero-order valence-electron chi connectivity index (χ0n) is 25.2. The van der Waals surface area contributed by atoms with Crippen molar-refractivity contribution >= 4 is 24.9 Å². The minimum Gasteiger partial charge on any atom is -0.394 e. The standard InChI is InChI=1S/C28H52N5O8P/c1-2-3-4-5-6-7-8-9-10-11-12-13-14-15-17-38-18-16-19-40-42(36,37)41-21-24(20-34)39-23-33-22-30-25-26(33)31-28(29)32-27(25)35/h22,24,34H,2-21,23H2,1H3,(H,36,37)(H3,29,31,32,35). The molecule has 0 aliphatic heterocycles. The van der Waals surface area contributed by atoms with E-state index in [-0.39, 0.29) is 37.1 Å². The van der Waals surface area contributed by atoms with Crippen LogP contribution in [0.4, 0.5) is 5.95 Å². The van der Waals surface area contributed by atoms with E-state index >= 15 is 0 Å². The van der Waals surface area contributed by atoms with Crippen molar-refractivity contribution in [3.8, 4) is 0 Å². The van der Waals surface area contributed by atoms with Crippen molar-refractivity contribution in [2.45, 2.75) is 116 Å². The lowest BCUT2D eigenvalue weighted by molar-refractivity contribution is -0.0494. The molecule has 242 valence electrons. The number of H-pyrrole nitrogens is 1. The Morgan fingerprint density at radius 3 is 2.14 bits per heavy atom. The minimum absolute atomic E-state index is 0.000168. The van der Waals surface area contributed by atoms with Crippen molar-refractivity contribution in [3.63, 3.8) is 0 Å². The van der Waals surface area contributed by atoms with Gasteiger partial charge in [-0.3, -0.25) is 23.4 Å². The number of nitrogen functional groups attached to an aromatic ring is 1. The number of aliphatic hydroxyl groups is 1. The quantitative estimate of drug-likeness (QED) is 0.0776. The number of aromatic nitrogens is 4. The number of unbranched alkanes of at least 4 members (excludes halogenated alkanes) is 13. The second-order valence-electron chi connectivity index (χ2n) is 10.6. The van der Waals surface area contributed by atoms with Crippen LogP contribution in [0.1, 0.15) is 103 Å². The Balaban J connectivity index is 1.43. The van der Waals surface area contributed by atoms with Gasteiger partial charge in [0, 0.05) is 13.2 Å². The van der Waals surface area contributed by atoms with E-state index in [4.69, 9.17) is 24.3 Å². The summed E-state index contributed by atoms with van der Waals surface area (Å²) in [6, 6.07) is 0. The van der Waals surface area contributed by atoms with Crippen LogP contribution < -0.4 is 11.3 Å². The zero-order valence-corrected chi connectivity index (χ0v) is 26.1. The number of hydrogen-bond donors (Lipinski definition) is 4. The third-order valence-corrected chi connectivity index (χ3v) is 7.88. The summed E-state index contributed by atoms with van der Waals surface area (Å²) in [5.74, 6) is -0.0742. The first kappa shape index (κ1) is 36.3. The normalized spacial score (nSPS) is 14.0. The van der Waals surface area contributed by atoms with Gasteiger partial charge in [0.1, 0.15) is 12.8 Å². The van der Waals surface area contributed by atoms with Gasteiger partial charge in [-0.05, 0) is 12.8 Å². The van der Waals surface area contributed by atoms with Gasteiger partial charge in [-0.2, -0.15) is 4.98 Å². The molecule has 0 bridgehead atoms. The molecule has 0 aromatic carbocycles. The highest BCUT2D eigenvalue weighted by atomic mass is 31.2. The van der Waals surface area contributed by atoms with Crippen LogP contribution in [0.25, 0.3) is 11.2 Å². The highest BCUT2D eigenvalue weighted by Gasteiger charge is 2.23. The lowest BCUT2D eigenvalue weighted by Gasteiger charge is -2.18. The second-order valence-corrected chi connectivity index (χ2v) is 12.1. The Kier molecular flexibility index (Phi) is 18.8. The molecule has 0 amide bonds. The maximum Gasteiger partial charge on any atom is 0.472 e. The van der Waals surface area contributed by atoms with Crippen molar-refractivity contribution in [1.82, 2.24) is 19.5 Å². The van der Waals surface area contributed by atoms with E-state index in [1.807, 2.05) is 0 Å². The molecule has 0 saturated carbocycles. The van der Waals surface area contributed by atoms with E-state index in [0.717, 1.165) is 12.8 Å². The number of phosphoric ester groups is 1. The first-order valence-electron chi connectivity index (χ1n) is 15.5. The molecule has 2 atom stereocenters. The maximum absolute atomic E-state index is 12.2. The average Bonchev–Trinajstić information content (AvgIpc) is 3.37. The lowest BCUT2D eigenvalue weighted by atomic mass is 10.0. The van der Waals surface area contributed by atoms with Crippen molar-refractivity contribution in [2.24, 2.45) is 0 Å². The molecule has 2 aromatic heterocycles. The van der Waals surface area contributed by atoms with Crippen molar-refractivity contribution < 1.29 is 33.1 Å². The number of nitrogens with one attached hydrogen (secondary N) is 1. The number of nitrogens with zero attached hydrogens (tertiary/aromatic N) is 3. The molecule has 2 heterocycles. The number of aromatic amines is 1. The van der Waals surface area contributed by atoms with Crippen molar-refractivity contribution in [3.05, 3.63) is 16.7 Å². The van der Waals surface area contributed by atoms with E-state index in [9.17, 15) is 19.4 Å². The Morgan fingerprint density at radius 1 is 0.929 bits per heavy atom. The van der Waals surface area contributed by atoms with Crippen LogP contribution in [0.3, 0.4) is 0 Å². The first-order chi connectivity index (χ1) is 20.4. The monoisotopic (exact) mass is 617 g/mol. The summed E-state index contributed by atoms with van der Waals surface area (Å²) in [7, 11) is -4.33. The summed E-state index contributed by atoms with van der Waals surface area (Å²) in [5, 5.41) is 9.55. The van der Waals surface area contributed by atoms with Crippen molar-refractivity contribution in [2.75, 3.05) is 38.8 Å². The first-order valence-corrected chi connectivity index (χ1v) is 17.0. The van der Waals surface area contributed by atoms with E-state index < -0.39 is 26.1 Å². The summed E-state index contributed by atoms with van der Waals surface area (Å²) < 4.78 is 34.6. The molecule has 14 heteroatoms. The fourth-order valence-electron chi connectivity index (χ4n) is 4.46. The van der Waals surface area contributed by atoms with Gasteiger partial charge < -0.3 is 25.2 Å². The maximum atomic E-state index is 12.2. The summed E-state index contributed by atoms with van der Waals surface area (Å²) in [6.45, 7) is 2.35. The number of fused-ring (bicyclic) bond motifs is 1. The highest BCUT2D eigenvalue weighted by molar-refractivity contribution is 7.47. The molecule has 0 fully saturated rings. The fraction of sp³-hybridized carbons (Fsp3) is 0.821. The fourth-order valence-corrected chi connectivity index (χ4v) is 5.25. The Labute approximate surface area is 249 Å². The van der Waals surface area contributed by atoms with Crippen LogP contribution in [-0.2, 0) is 29.8 Å². The molecule has 0 aliphatic rings. The van der Waals surface area contributed by atoms with Gasteiger partial charge in [0.2, 0.25) is 5.95 Å². The highest BCUT2D eigenvalue weighted by Crippen LogP contribution is 2.43. The molecule has 2 aromatic rings. The Bertz CT molecular complexity index is 1080. The number of anilines is 1. The van der Waals surface area contributed by atoms with Crippen molar-refractivity contribution in [1.29, 1.82) is 0 Å². The molecule has 2 unspecified atom stereocenters. The van der Waals surface area contributed by atoms with Gasteiger partial charge in [-0.1, -0.05) is 90.4 Å². The summed E-state index contributed by atoms with van der Waals surface area (Å²) in [5.41, 5.74) is 5.37. The topological polar surface area (TPSA) is 184 Å². The summed E-state index contributed by atoms with van der Waals surface area (Å²) in [6.07, 6.45) is 19.2. The summed E-state index contributed by atoms with van der Waals surface area (Å²) in [4.78, 5) is 32.1. The molecule has 0 aliphatic carbocycles. The third-order valence-electron chi connectivity index (χ3n) is 6.90. The van der Waals surface area contributed by atoms with Gasteiger partial charge in [0.05, 0.1) is 26.1 Å². The van der Waals surface area contributed by atoms with Gasteiger partial charge in [-0.15, -0.1) is 0 Å². The van der Waals surface area contributed by atoms with E-state index in [1.54, 1.807) is 0 Å². The smallest absolute Gasteiger partial charge is 0.394 e. The van der Waals surface area contributed by atoms with E-state index in [1.165, 1.54) is 87.9 Å². The zero-order chi connectivity index (χ0) is 30.5. The van der Waals surface area contributed by atoms with Gasteiger partial charge in [0.15, 0.2) is 11.2 Å². The van der Waals surface area contributed by atoms with Crippen LogP contribution >= 0.6 is 7.82 Å². The van der Waals surface area contributed by atoms with Crippen LogP contribution in [0.15, 0.2) is 11.1 Å². The van der Waals surface area contributed by atoms with Gasteiger partial charge in [-0.25, -0.2) is 9.55 Å². The van der Waals surface area contributed by atoms with E-state index in [2.05, 4.69) is 21.9 Å². The lowest BCUT2D eigenvalue weighted by Crippen LogP contribution is -2.25. The number of imidazole rings is 1. The van der Waals surface area contributed by atoms with Gasteiger partial charge >= 0.3 is 7.82 Å². The average molecular weight is 618 g/mol. The number of ether oxygens (including phenoxy) is 2. The van der Waals surface area contributed by atoms with Crippen LogP contribution in [0.2, 0.25) is 0 Å². The second kappa shape index (κ2) is 21.8. The molecule has 0 radical (unpaired) electrons. The largest absolute Gasteiger partial charge is 0.472 e. The molecular formula is C28H52N5O8P. The predicted molar refractivity (Wildman–Crippen MR) is 162 cm³/mol. The SMILES string of the molecule is CCCCCCCCCCCCCCCCOCCCOP(=O)(O)OCC(CO)OCn1cnc2c(=O)[nH]c(N)nc21. The molecule has 13 nitrogen and oxygen atoms in total. The number of nitrogens with two attached hydrogens (primary N) is 1. The molecule has 42 heavy (non-hydrogen) atoms. The van der Waals surface area contributed by atoms with Crippen LogP contribution in [-0.4, -0.2) is 68.7 Å². The third kappa shape index (κ3) is 15.6. The minimum atomic E-state index is -4.33.